The lowest BCUT2D eigenvalue weighted by Gasteiger charge is -2.32. The summed E-state index contributed by atoms with van der Waals surface area (Å²) in [5, 5.41) is 9.14. The number of fused-ring (bicyclic) bond motifs is 1. The lowest BCUT2D eigenvalue weighted by molar-refractivity contribution is 0.0684. The molecule has 1 aromatic carbocycles. The van der Waals surface area contributed by atoms with Gasteiger partial charge in [0.25, 0.3) is 0 Å². The van der Waals surface area contributed by atoms with Crippen molar-refractivity contribution in [1.29, 1.82) is 0 Å². The number of nitrogens with one attached hydrogen (secondary N) is 1. The molecule has 2 fully saturated rings. The van der Waals surface area contributed by atoms with Gasteiger partial charge in [-0.15, -0.1) is 11.3 Å². The normalized spacial score (nSPS) is 18.4. The third kappa shape index (κ3) is 5.48. The van der Waals surface area contributed by atoms with E-state index in [1.54, 1.807) is 17.5 Å². The fourth-order valence-corrected chi connectivity index (χ4v) is 6.65. The Balaban J connectivity index is 1.39. The molecule has 2 aromatic heterocycles. The number of ether oxygens (including phenoxy) is 1. The molecule has 0 saturated carbocycles. The van der Waals surface area contributed by atoms with E-state index in [2.05, 4.69) is 33.2 Å². The highest BCUT2D eigenvalue weighted by atomic mass is 32.2. The first-order chi connectivity index (χ1) is 17.9. The highest BCUT2D eigenvalue weighted by Gasteiger charge is 2.26. The summed E-state index contributed by atoms with van der Waals surface area (Å²) in [4.78, 5) is 11.5. The highest BCUT2D eigenvalue weighted by molar-refractivity contribution is 7.92. The van der Waals surface area contributed by atoms with Crippen molar-refractivity contribution in [2.75, 3.05) is 58.2 Å². The summed E-state index contributed by atoms with van der Waals surface area (Å²) in [6, 6.07) is 7.93. The minimum Gasteiger partial charge on any atom is -0.397 e. The molecule has 3 aromatic rings. The number of nitrogen functional groups attached to an aromatic ring is 1. The molecule has 0 spiro atoms. The number of morpholine rings is 1. The van der Waals surface area contributed by atoms with Crippen molar-refractivity contribution in [1.82, 2.24) is 24.3 Å². The number of nitrogens with zero attached hydrogens (tertiary/aromatic N) is 5. The van der Waals surface area contributed by atoms with Gasteiger partial charge >= 0.3 is 0 Å². The summed E-state index contributed by atoms with van der Waals surface area (Å²) in [6.45, 7) is 13.3. The second-order valence-corrected chi connectivity index (χ2v) is 12.0. The number of aromatic nitrogens is 2. The predicted octanol–water partition coefficient (Wildman–Crippen LogP) is 2.55. The molecule has 0 bridgehead atoms. The van der Waals surface area contributed by atoms with E-state index >= 15 is 0 Å². The number of H-pyrrole nitrogens is 1. The van der Waals surface area contributed by atoms with Crippen LogP contribution in [0.15, 0.2) is 54.0 Å². The van der Waals surface area contributed by atoms with Crippen molar-refractivity contribution in [3.8, 4) is 0 Å². The predicted molar refractivity (Wildman–Crippen MR) is 149 cm³/mol. The number of hydrogen-bond acceptors (Lipinski definition) is 8. The first-order valence-electron chi connectivity index (χ1n) is 12.1. The fourth-order valence-electron chi connectivity index (χ4n) is 4.63. The number of aliphatic imine (C=N–C) groups is 1. The molecular formula is C25H31N7O3S2. The summed E-state index contributed by atoms with van der Waals surface area (Å²) in [5.41, 5.74) is 9.71. The molecule has 0 amide bonds. The monoisotopic (exact) mass is 541 g/mol. The van der Waals surface area contributed by atoms with Crippen LogP contribution < -0.4 is 5.73 Å². The Morgan fingerprint density at radius 2 is 1.97 bits per heavy atom. The third-order valence-electron chi connectivity index (χ3n) is 6.64. The van der Waals surface area contributed by atoms with Gasteiger partial charge in [-0.05, 0) is 12.1 Å². The molecule has 3 N–H and O–H groups in total. The number of benzene rings is 1. The van der Waals surface area contributed by atoms with Gasteiger partial charge in [-0.3, -0.25) is 10.00 Å². The maximum Gasteiger partial charge on any atom is 0.235 e. The summed E-state index contributed by atoms with van der Waals surface area (Å²) < 4.78 is 31.2. The minimum atomic E-state index is -3.38. The van der Waals surface area contributed by atoms with Gasteiger partial charge in [0.2, 0.25) is 10.0 Å². The van der Waals surface area contributed by atoms with E-state index in [0.29, 0.717) is 70.4 Å². The van der Waals surface area contributed by atoms with Crippen molar-refractivity contribution in [2.45, 2.75) is 6.54 Å². The lowest BCUT2D eigenvalue weighted by Crippen LogP contribution is -2.47. The zero-order valence-corrected chi connectivity index (χ0v) is 22.2. The average Bonchev–Trinajstić information content (AvgIpc) is 3.54. The molecule has 2 aliphatic heterocycles. The van der Waals surface area contributed by atoms with Gasteiger partial charge in [0.05, 0.1) is 41.2 Å². The standard InChI is InChI=1S/C25H31N7O3S2/c1-3-37(33,34)32-9-7-30(8-10-32)17-19-15-22(26)24(36-19)25(31-11-13-35-14-12-31)28-18(2)20-5-4-6-23-21(20)16-27-29-23/h3-6,15-16H,1-2,7-14,17,26H2,(H,27,29). The summed E-state index contributed by atoms with van der Waals surface area (Å²) in [5.74, 6) is 0.796. The number of aromatic amines is 1. The van der Waals surface area contributed by atoms with Crippen LogP contribution in [0.25, 0.3) is 16.6 Å². The Bertz CT molecular complexity index is 1430. The van der Waals surface area contributed by atoms with Crippen molar-refractivity contribution >= 4 is 49.5 Å². The van der Waals surface area contributed by atoms with E-state index in [0.717, 1.165) is 37.5 Å². The SMILES string of the molecule is C=CS(=O)(=O)N1CCN(Cc2cc(N)c(C(=NC(=C)c3cccc4[nH]ncc34)N3CCOCC3)s2)CC1. The van der Waals surface area contributed by atoms with Crippen molar-refractivity contribution < 1.29 is 13.2 Å². The number of sulfonamides is 1. The van der Waals surface area contributed by atoms with Crippen LogP contribution >= 0.6 is 11.3 Å². The Morgan fingerprint density at radius 3 is 2.70 bits per heavy atom. The van der Waals surface area contributed by atoms with Crippen LogP contribution in [0.4, 0.5) is 5.69 Å². The molecule has 4 heterocycles. The van der Waals surface area contributed by atoms with E-state index in [4.69, 9.17) is 15.5 Å². The molecule has 12 heteroatoms. The molecule has 0 radical (unpaired) electrons. The number of thiophene rings is 1. The summed E-state index contributed by atoms with van der Waals surface area (Å²) >= 11 is 1.62. The van der Waals surface area contributed by atoms with Crippen molar-refractivity contribution in [2.24, 2.45) is 4.99 Å². The van der Waals surface area contributed by atoms with Gasteiger partial charge < -0.3 is 15.4 Å². The number of anilines is 1. The molecule has 2 aliphatic rings. The molecule has 0 unspecified atom stereocenters. The number of piperazine rings is 1. The fraction of sp³-hybridized carbons (Fsp3) is 0.360. The van der Waals surface area contributed by atoms with Crippen molar-refractivity contribution in [3.63, 3.8) is 0 Å². The first-order valence-corrected chi connectivity index (χ1v) is 14.4. The molecular weight excluding hydrogens is 510 g/mol. The third-order valence-corrected chi connectivity index (χ3v) is 9.28. The maximum atomic E-state index is 12.1. The molecule has 0 atom stereocenters. The maximum absolute atomic E-state index is 12.1. The smallest absolute Gasteiger partial charge is 0.235 e. The van der Waals surface area contributed by atoms with Crippen LogP contribution in [0.3, 0.4) is 0 Å². The Kier molecular flexibility index (Phi) is 7.45. The lowest BCUT2D eigenvalue weighted by atomic mass is 10.1. The molecule has 0 aliphatic carbocycles. The Labute approximate surface area is 220 Å². The summed E-state index contributed by atoms with van der Waals surface area (Å²) in [7, 11) is -3.38. The van der Waals surface area contributed by atoms with E-state index < -0.39 is 10.0 Å². The number of hydrogen-bond donors (Lipinski definition) is 2. The number of rotatable bonds is 7. The zero-order valence-electron chi connectivity index (χ0n) is 20.6. The van der Waals surface area contributed by atoms with Gasteiger partial charge in [0, 0.05) is 67.0 Å². The van der Waals surface area contributed by atoms with Gasteiger partial charge in [-0.25, -0.2) is 13.4 Å². The molecule has 5 rings (SSSR count). The zero-order chi connectivity index (χ0) is 26.0. The highest BCUT2D eigenvalue weighted by Crippen LogP contribution is 2.31. The van der Waals surface area contributed by atoms with Gasteiger partial charge in [-0.1, -0.05) is 25.3 Å². The van der Waals surface area contributed by atoms with E-state index in [9.17, 15) is 8.42 Å². The van der Waals surface area contributed by atoms with E-state index in [1.165, 1.54) is 4.31 Å². The van der Waals surface area contributed by atoms with Crippen molar-refractivity contribution in [3.05, 3.63) is 64.3 Å². The van der Waals surface area contributed by atoms with Crippen LogP contribution in [0, 0.1) is 0 Å². The van der Waals surface area contributed by atoms with Gasteiger partial charge in [0.1, 0.15) is 5.84 Å². The van der Waals surface area contributed by atoms with E-state index in [-0.39, 0.29) is 0 Å². The van der Waals surface area contributed by atoms with Crippen LogP contribution in [0.5, 0.6) is 0 Å². The molecule has 196 valence electrons. The number of amidine groups is 1. The molecule has 10 nitrogen and oxygen atoms in total. The van der Waals surface area contributed by atoms with Crippen LogP contribution in [0.1, 0.15) is 15.3 Å². The van der Waals surface area contributed by atoms with Gasteiger partial charge in [-0.2, -0.15) is 9.40 Å². The molecule has 2 saturated heterocycles. The Morgan fingerprint density at radius 1 is 1.22 bits per heavy atom. The summed E-state index contributed by atoms with van der Waals surface area (Å²) in [6.07, 6.45) is 1.79. The quantitative estimate of drug-likeness (QED) is 0.348. The minimum absolute atomic E-state index is 0.446. The molecule has 37 heavy (non-hydrogen) atoms. The number of nitrogens with two attached hydrogens (primary N) is 1. The second-order valence-electron chi connectivity index (χ2n) is 9.00. The average molecular weight is 542 g/mol. The Hall–Kier alpha value is -3.03. The largest absolute Gasteiger partial charge is 0.397 e. The van der Waals surface area contributed by atoms with Gasteiger partial charge in [0.15, 0.2) is 0 Å². The van der Waals surface area contributed by atoms with Crippen LogP contribution in [0.2, 0.25) is 0 Å². The first kappa shape index (κ1) is 25.6. The topological polar surface area (TPSA) is 120 Å². The van der Waals surface area contributed by atoms with Crippen LogP contribution in [-0.2, 0) is 21.3 Å². The van der Waals surface area contributed by atoms with Crippen LogP contribution in [-0.4, -0.2) is 91.0 Å². The van der Waals surface area contributed by atoms with E-state index in [1.807, 2.05) is 24.3 Å². The second kappa shape index (κ2) is 10.8.